The van der Waals surface area contributed by atoms with Crippen molar-refractivity contribution in [2.75, 3.05) is 27.4 Å². The number of imide groups is 1. The van der Waals surface area contributed by atoms with Crippen LogP contribution in [-0.4, -0.2) is 72.4 Å². The number of nitrogens with zero attached hydrogens (tertiary/aromatic N) is 1. The van der Waals surface area contributed by atoms with Gasteiger partial charge >= 0.3 is 0 Å². The maximum atomic E-state index is 11.5. The Morgan fingerprint density at radius 3 is 2.54 bits per heavy atom. The Hall–Kier alpha value is -0.246. The van der Waals surface area contributed by atoms with E-state index in [-0.39, 0.29) is 69.1 Å². The van der Waals surface area contributed by atoms with Crippen molar-refractivity contribution in [3.63, 3.8) is 0 Å². The number of rotatable bonds is 7. The van der Waals surface area contributed by atoms with Crippen LogP contribution in [0.3, 0.4) is 0 Å². The Labute approximate surface area is 172 Å². The third-order valence-corrected chi connectivity index (χ3v) is 4.56. The van der Waals surface area contributed by atoms with Gasteiger partial charge in [0.15, 0.2) is 0 Å². The summed E-state index contributed by atoms with van der Waals surface area (Å²) in [5, 5.41) is 13.4. The van der Waals surface area contributed by atoms with E-state index in [1.165, 1.54) is 12.2 Å². The number of carbonyl (C=O) groups excluding carboxylic acids is 2. The van der Waals surface area contributed by atoms with Gasteiger partial charge in [-0.2, -0.15) is 0 Å². The van der Waals surface area contributed by atoms with Crippen molar-refractivity contribution in [2.45, 2.75) is 31.1 Å². The van der Waals surface area contributed by atoms with E-state index >= 15 is 0 Å². The molecule has 0 saturated heterocycles. The summed E-state index contributed by atoms with van der Waals surface area (Å²) in [7, 11) is 3.14. The average Bonchev–Trinajstić information content (AvgIpc) is 2.98. The van der Waals surface area contributed by atoms with Gasteiger partial charge in [0, 0.05) is 78.0 Å². The number of nitrogens with one attached hydrogen (secondary N) is 1. The molecule has 24 heavy (non-hydrogen) atoms. The van der Waals surface area contributed by atoms with E-state index in [1.807, 2.05) is 0 Å². The van der Waals surface area contributed by atoms with Crippen molar-refractivity contribution in [3.05, 3.63) is 12.2 Å². The second-order valence-electron chi connectivity index (χ2n) is 5.73. The predicted octanol–water partition coefficient (Wildman–Crippen LogP) is -0.373. The third-order valence-electron chi connectivity index (χ3n) is 4.24. The van der Waals surface area contributed by atoms with Crippen molar-refractivity contribution < 1.29 is 56.9 Å². The molecule has 131 valence electrons. The summed E-state index contributed by atoms with van der Waals surface area (Å²) in [5.74, 6) is -0.649. The number of methoxy groups -OCH3 is 2. The maximum absolute atomic E-state index is 11.5. The number of hydrogen-bond acceptors (Lipinski definition) is 6. The molecule has 0 aromatic heterocycles. The first-order valence-corrected chi connectivity index (χ1v) is 7.91. The first-order chi connectivity index (χ1) is 11.0. The Bertz CT molecular complexity index is 498. The molecule has 1 unspecified atom stereocenters. The summed E-state index contributed by atoms with van der Waals surface area (Å²) in [6, 6.07) is -0.120. The first kappa shape index (κ1) is 21.8. The SMILES string of the molecule is COC[C@H]1C[C@H](NC(=S)CCN2C(=O)C=CC2=O)C(OC)[C@H]1O.[Y]. The zero-order chi connectivity index (χ0) is 17.0. The summed E-state index contributed by atoms with van der Waals surface area (Å²) in [6.07, 6.45) is 2.57. The van der Waals surface area contributed by atoms with Crippen LogP contribution in [0.2, 0.25) is 0 Å². The van der Waals surface area contributed by atoms with E-state index in [2.05, 4.69) is 5.32 Å². The van der Waals surface area contributed by atoms with Crippen LogP contribution in [-0.2, 0) is 51.8 Å². The number of aliphatic hydroxyl groups excluding tert-OH is 1. The van der Waals surface area contributed by atoms with E-state index < -0.39 is 6.10 Å². The third kappa shape index (κ3) is 5.13. The van der Waals surface area contributed by atoms with Crippen molar-refractivity contribution in [1.82, 2.24) is 10.2 Å². The van der Waals surface area contributed by atoms with Crippen LogP contribution in [0.5, 0.6) is 0 Å². The Morgan fingerprint density at radius 1 is 1.38 bits per heavy atom. The number of aliphatic hydroxyl groups is 1. The monoisotopic (exact) mass is 431 g/mol. The molecule has 0 bridgehead atoms. The summed E-state index contributed by atoms with van der Waals surface area (Å²) in [6.45, 7) is 0.694. The molecule has 9 heteroatoms. The Balaban J connectivity index is 0.00000288. The van der Waals surface area contributed by atoms with Crippen LogP contribution < -0.4 is 5.32 Å². The smallest absolute Gasteiger partial charge is 0.253 e. The molecule has 7 nitrogen and oxygen atoms in total. The summed E-state index contributed by atoms with van der Waals surface area (Å²) < 4.78 is 10.5. The topological polar surface area (TPSA) is 88.1 Å². The zero-order valence-electron chi connectivity index (χ0n) is 13.8. The minimum atomic E-state index is -0.619. The number of ether oxygens (including phenoxy) is 2. The van der Waals surface area contributed by atoms with Crippen molar-refractivity contribution in [2.24, 2.45) is 5.92 Å². The minimum Gasteiger partial charge on any atom is -0.390 e. The van der Waals surface area contributed by atoms with Gasteiger partial charge in [0.25, 0.3) is 11.8 Å². The fourth-order valence-corrected chi connectivity index (χ4v) is 3.32. The van der Waals surface area contributed by atoms with Gasteiger partial charge in [0.1, 0.15) is 6.10 Å². The quantitative estimate of drug-likeness (QED) is 0.420. The molecule has 0 aromatic carbocycles. The molecule has 4 atom stereocenters. The van der Waals surface area contributed by atoms with Gasteiger partial charge in [-0.15, -0.1) is 0 Å². The fourth-order valence-electron chi connectivity index (χ4n) is 3.08. The number of amides is 2. The van der Waals surface area contributed by atoms with Gasteiger partial charge in [0.05, 0.1) is 23.7 Å². The standard InChI is InChI=1S/C15H22N2O5S.Y/c1-21-8-9-7-10(15(22-2)14(9)20)16-11(23)5-6-17-12(18)3-4-13(17)19;/h3-4,9-10,14-15,20H,5-8H2,1-2H3,(H,16,23);/t9-,10+,14+,15?;/m1./s1. The number of carbonyl (C=O) groups is 2. The minimum absolute atomic E-state index is 0. The van der Waals surface area contributed by atoms with Gasteiger partial charge in [0.2, 0.25) is 0 Å². The normalized spacial score (nSPS) is 29.0. The molecule has 1 fully saturated rings. The molecule has 1 aliphatic carbocycles. The first-order valence-electron chi connectivity index (χ1n) is 7.50. The predicted molar refractivity (Wildman–Crippen MR) is 86.8 cm³/mol. The molecule has 2 N–H and O–H groups in total. The van der Waals surface area contributed by atoms with Crippen LogP contribution in [0.15, 0.2) is 12.2 Å². The van der Waals surface area contributed by atoms with E-state index in [4.69, 9.17) is 21.7 Å². The van der Waals surface area contributed by atoms with Crippen LogP contribution >= 0.6 is 12.2 Å². The fraction of sp³-hybridized carbons (Fsp3) is 0.667. The van der Waals surface area contributed by atoms with Gasteiger partial charge < -0.3 is 19.9 Å². The summed E-state index contributed by atoms with van der Waals surface area (Å²) >= 11 is 5.30. The number of thiocarbonyl (C=S) groups is 1. The van der Waals surface area contributed by atoms with E-state index in [9.17, 15) is 14.7 Å². The molecule has 2 amide bonds. The molecule has 2 rings (SSSR count). The van der Waals surface area contributed by atoms with Gasteiger partial charge in [-0.3, -0.25) is 14.5 Å². The second kappa shape index (κ2) is 10.0. The summed E-state index contributed by atoms with van der Waals surface area (Å²) in [5.41, 5.74) is 0. The molecule has 0 aromatic rings. The van der Waals surface area contributed by atoms with Gasteiger partial charge in [-0.25, -0.2) is 0 Å². The van der Waals surface area contributed by atoms with Crippen molar-refractivity contribution in [3.8, 4) is 0 Å². The zero-order valence-corrected chi connectivity index (χ0v) is 17.5. The molecule has 1 radical (unpaired) electrons. The Morgan fingerprint density at radius 2 is 2.00 bits per heavy atom. The largest absolute Gasteiger partial charge is 0.390 e. The Kier molecular flexibility index (Phi) is 9.12. The average molecular weight is 431 g/mol. The van der Waals surface area contributed by atoms with Crippen molar-refractivity contribution in [1.29, 1.82) is 0 Å². The van der Waals surface area contributed by atoms with Crippen molar-refractivity contribution >= 4 is 29.0 Å². The molecule has 2 aliphatic rings. The van der Waals surface area contributed by atoms with Gasteiger partial charge in [-0.05, 0) is 6.42 Å². The van der Waals surface area contributed by atoms with Crippen LogP contribution in [0.1, 0.15) is 12.8 Å². The second-order valence-corrected chi connectivity index (χ2v) is 6.22. The molecular weight excluding hydrogens is 409 g/mol. The molecule has 1 saturated carbocycles. The molecule has 1 aliphatic heterocycles. The van der Waals surface area contributed by atoms with E-state index in [0.29, 0.717) is 24.4 Å². The van der Waals surface area contributed by atoms with E-state index in [0.717, 1.165) is 4.90 Å². The maximum Gasteiger partial charge on any atom is 0.253 e. The van der Waals surface area contributed by atoms with Crippen LogP contribution in [0, 0.1) is 5.92 Å². The molecular formula is C15H22N2O5SY. The van der Waals surface area contributed by atoms with E-state index in [1.54, 1.807) is 14.2 Å². The van der Waals surface area contributed by atoms with Gasteiger partial charge in [-0.1, -0.05) is 12.2 Å². The number of hydrogen-bond donors (Lipinski definition) is 2. The van der Waals surface area contributed by atoms with Crippen LogP contribution in [0.25, 0.3) is 0 Å². The molecule has 1 heterocycles. The molecule has 0 spiro atoms. The van der Waals surface area contributed by atoms with Crippen LogP contribution in [0.4, 0.5) is 0 Å². The summed E-state index contributed by atoms with van der Waals surface area (Å²) in [4.78, 5) is 24.7.